The molecule has 0 spiro atoms. The number of hydrogen-bond donors (Lipinski definition) is 1. The Kier molecular flexibility index (Phi) is 6.35. The number of ether oxygens (including phenoxy) is 1. The van der Waals surface area contributed by atoms with E-state index in [1.54, 1.807) is 42.8 Å². The van der Waals surface area contributed by atoms with E-state index in [1.807, 2.05) is 6.92 Å². The molecule has 166 valence electrons. The normalized spacial score (nSPS) is 15.8. The van der Waals surface area contributed by atoms with Gasteiger partial charge in [-0.15, -0.1) is 0 Å². The minimum atomic E-state index is -3.22. The monoisotopic (exact) mass is 445 g/mol. The molecule has 1 N–H and O–H groups in total. The number of Topliss-reactive ketones (excluding diaryl/α,β-unsaturated/α-hetero) is 1. The molecule has 1 atom stereocenters. The van der Waals surface area contributed by atoms with E-state index in [4.69, 9.17) is 4.74 Å². The van der Waals surface area contributed by atoms with Gasteiger partial charge in [0.1, 0.15) is 21.2 Å². The van der Waals surface area contributed by atoms with Gasteiger partial charge in [0.05, 0.1) is 30.5 Å². The van der Waals surface area contributed by atoms with E-state index in [0.717, 1.165) is 5.57 Å². The fourth-order valence-corrected chi connectivity index (χ4v) is 5.11. The zero-order chi connectivity index (χ0) is 22.9. The number of allylic oxidation sites excluding steroid dienone is 2. The van der Waals surface area contributed by atoms with Crippen molar-refractivity contribution in [2.75, 3.05) is 25.7 Å². The summed E-state index contributed by atoms with van der Waals surface area (Å²) in [5.41, 5.74) is 2.91. The van der Waals surface area contributed by atoms with Gasteiger partial charge >= 0.3 is 0 Å². The lowest BCUT2D eigenvalue weighted by atomic mass is 9.96. The lowest BCUT2D eigenvalue weighted by molar-refractivity contribution is -0.115. The summed E-state index contributed by atoms with van der Waals surface area (Å²) in [4.78, 5) is 30.0. The van der Waals surface area contributed by atoms with Gasteiger partial charge in [0.2, 0.25) is 0 Å². The summed E-state index contributed by atoms with van der Waals surface area (Å²) in [5.74, 6) is -0.0568. The first-order chi connectivity index (χ1) is 14.5. The van der Waals surface area contributed by atoms with Crippen LogP contribution in [0.4, 0.5) is 0 Å². The molecule has 2 aromatic heterocycles. The molecule has 0 aliphatic heterocycles. The van der Waals surface area contributed by atoms with Gasteiger partial charge in [0.15, 0.2) is 5.78 Å². The second-order valence-corrected chi connectivity index (χ2v) is 10.2. The minimum Gasteiger partial charge on any atom is -0.496 e. The van der Waals surface area contributed by atoms with Crippen molar-refractivity contribution >= 4 is 32.6 Å². The van der Waals surface area contributed by atoms with Crippen LogP contribution in [0.5, 0.6) is 0 Å². The standard InChI is InChI=1S/C22H27N3O5S/c1-13-9-18(26)17(19(10-13)30-4)11-24-22(27)20-15(3)25(14(2)12-31(5,28)29)21-16(20)7-6-8-23-21/h6-8,10,14H,9,11-12H2,1-5H3,(H,24,27). The number of pyridine rings is 1. The van der Waals surface area contributed by atoms with Crippen LogP contribution in [0.1, 0.15) is 42.4 Å². The SMILES string of the molecule is COC1=C(CNC(=O)c2c(C)n(C(C)CS(C)(=O)=O)c3ncccc23)C(=O)CC(C)=C1. The maximum absolute atomic E-state index is 13.1. The van der Waals surface area contributed by atoms with Gasteiger partial charge in [0.25, 0.3) is 5.91 Å². The molecule has 2 aromatic rings. The first-order valence-corrected chi connectivity index (χ1v) is 12.0. The van der Waals surface area contributed by atoms with Crippen LogP contribution in [0, 0.1) is 6.92 Å². The third-order valence-corrected chi connectivity index (χ3v) is 6.40. The van der Waals surface area contributed by atoms with Gasteiger partial charge in [-0.3, -0.25) is 9.59 Å². The van der Waals surface area contributed by atoms with Crippen molar-refractivity contribution < 1.29 is 22.7 Å². The summed E-state index contributed by atoms with van der Waals surface area (Å²) < 4.78 is 30.8. The Bertz CT molecular complexity index is 1220. The van der Waals surface area contributed by atoms with E-state index < -0.39 is 15.9 Å². The number of nitrogens with zero attached hydrogens (tertiary/aromatic N) is 2. The largest absolute Gasteiger partial charge is 0.496 e. The van der Waals surface area contributed by atoms with Crippen LogP contribution >= 0.6 is 0 Å². The Morgan fingerprint density at radius 1 is 1.35 bits per heavy atom. The number of aromatic nitrogens is 2. The topological polar surface area (TPSA) is 107 Å². The van der Waals surface area contributed by atoms with E-state index in [0.29, 0.717) is 40.0 Å². The van der Waals surface area contributed by atoms with Crippen LogP contribution in [0.3, 0.4) is 0 Å². The number of carbonyl (C=O) groups is 2. The Balaban J connectivity index is 1.97. The van der Waals surface area contributed by atoms with Gasteiger partial charge < -0.3 is 14.6 Å². The molecule has 2 heterocycles. The van der Waals surface area contributed by atoms with Crippen LogP contribution in [-0.2, 0) is 19.4 Å². The molecule has 0 bridgehead atoms. The van der Waals surface area contributed by atoms with Crippen molar-refractivity contribution in [3.8, 4) is 0 Å². The lowest BCUT2D eigenvalue weighted by Crippen LogP contribution is -2.30. The Morgan fingerprint density at radius 3 is 2.71 bits per heavy atom. The quantitative estimate of drug-likeness (QED) is 0.702. The molecule has 0 radical (unpaired) electrons. The molecule has 0 fully saturated rings. The zero-order valence-electron chi connectivity index (χ0n) is 18.4. The summed E-state index contributed by atoms with van der Waals surface area (Å²) >= 11 is 0. The number of sulfone groups is 1. The average Bonchev–Trinajstić information content (AvgIpc) is 2.97. The number of amides is 1. The Labute approximate surface area is 181 Å². The number of carbonyl (C=O) groups excluding carboxylic acids is 2. The second-order valence-electron chi connectivity index (χ2n) is 7.97. The second kappa shape index (κ2) is 8.66. The number of hydrogen-bond acceptors (Lipinski definition) is 6. The van der Waals surface area contributed by atoms with Gasteiger partial charge in [-0.05, 0) is 39.0 Å². The molecule has 3 rings (SSSR count). The zero-order valence-corrected chi connectivity index (χ0v) is 19.2. The van der Waals surface area contributed by atoms with E-state index in [2.05, 4.69) is 10.3 Å². The van der Waals surface area contributed by atoms with Crippen LogP contribution in [0.15, 0.2) is 41.3 Å². The summed E-state index contributed by atoms with van der Waals surface area (Å²) in [6.45, 7) is 5.45. The van der Waals surface area contributed by atoms with Crippen molar-refractivity contribution in [1.82, 2.24) is 14.9 Å². The number of nitrogens with one attached hydrogen (secondary N) is 1. The highest BCUT2D eigenvalue weighted by Gasteiger charge is 2.26. The molecule has 8 nitrogen and oxygen atoms in total. The maximum atomic E-state index is 13.1. The highest BCUT2D eigenvalue weighted by molar-refractivity contribution is 7.90. The Morgan fingerprint density at radius 2 is 2.06 bits per heavy atom. The van der Waals surface area contributed by atoms with Crippen LogP contribution in [0.2, 0.25) is 0 Å². The first kappa shape index (κ1) is 22.7. The van der Waals surface area contributed by atoms with Gasteiger partial charge in [0, 0.05) is 36.0 Å². The van der Waals surface area contributed by atoms with E-state index >= 15 is 0 Å². The number of rotatable bonds is 7. The fraction of sp³-hybridized carbons (Fsp3) is 0.409. The highest BCUT2D eigenvalue weighted by atomic mass is 32.2. The number of ketones is 1. The molecule has 9 heteroatoms. The third kappa shape index (κ3) is 4.71. The van der Waals surface area contributed by atoms with Crippen LogP contribution in [-0.4, -0.2) is 55.3 Å². The minimum absolute atomic E-state index is 0.0376. The summed E-state index contributed by atoms with van der Waals surface area (Å²) in [6, 6.07) is 3.12. The predicted octanol–water partition coefficient (Wildman–Crippen LogP) is 2.50. The third-order valence-electron chi connectivity index (χ3n) is 5.32. The van der Waals surface area contributed by atoms with Gasteiger partial charge in [-0.2, -0.15) is 0 Å². The molecule has 1 amide bonds. The van der Waals surface area contributed by atoms with E-state index in [1.165, 1.54) is 13.4 Å². The predicted molar refractivity (Wildman–Crippen MR) is 119 cm³/mol. The van der Waals surface area contributed by atoms with Crippen molar-refractivity contribution in [2.24, 2.45) is 0 Å². The van der Waals surface area contributed by atoms with Crippen LogP contribution in [0.25, 0.3) is 11.0 Å². The van der Waals surface area contributed by atoms with Crippen molar-refractivity contribution in [1.29, 1.82) is 0 Å². The van der Waals surface area contributed by atoms with Gasteiger partial charge in [-0.1, -0.05) is 5.57 Å². The molecular weight excluding hydrogens is 418 g/mol. The summed E-state index contributed by atoms with van der Waals surface area (Å²) in [5, 5.41) is 3.45. The molecule has 0 aromatic carbocycles. The molecule has 31 heavy (non-hydrogen) atoms. The molecule has 1 aliphatic rings. The van der Waals surface area contributed by atoms with Crippen LogP contribution < -0.4 is 5.32 Å². The fourth-order valence-electron chi connectivity index (χ4n) is 4.08. The molecule has 0 saturated heterocycles. The van der Waals surface area contributed by atoms with Gasteiger partial charge in [-0.25, -0.2) is 13.4 Å². The van der Waals surface area contributed by atoms with E-state index in [-0.39, 0.29) is 24.0 Å². The molecular formula is C22H27N3O5S. The number of methoxy groups -OCH3 is 1. The number of fused-ring (bicyclic) bond motifs is 1. The maximum Gasteiger partial charge on any atom is 0.254 e. The smallest absolute Gasteiger partial charge is 0.254 e. The van der Waals surface area contributed by atoms with Crippen molar-refractivity contribution in [2.45, 2.75) is 33.2 Å². The van der Waals surface area contributed by atoms with Crippen molar-refractivity contribution in [3.63, 3.8) is 0 Å². The molecule has 0 saturated carbocycles. The molecule has 1 aliphatic carbocycles. The molecule has 1 unspecified atom stereocenters. The first-order valence-electron chi connectivity index (χ1n) is 9.92. The highest BCUT2D eigenvalue weighted by Crippen LogP contribution is 2.28. The van der Waals surface area contributed by atoms with Crippen molar-refractivity contribution in [3.05, 3.63) is 52.6 Å². The Hall–Kier alpha value is -2.94. The lowest BCUT2D eigenvalue weighted by Gasteiger charge is -2.18. The summed E-state index contributed by atoms with van der Waals surface area (Å²) in [7, 11) is -1.73. The summed E-state index contributed by atoms with van der Waals surface area (Å²) in [6.07, 6.45) is 4.89. The van der Waals surface area contributed by atoms with E-state index in [9.17, 15) is 18.0 Å². The average molecular weight is 446 g/mol.